The van der Waals surface area contributed by atoms with Gasteiger partial charge >= 0.3 is 0 Å². The molecular weight excluding hydrogens is 416 g/mol. The van der Waals surface area contributed by atoms with E-state index in [0.29, 0.717) is 23.7 Å². The Morgan fingerprint density at radius 2 is 1.83 bits per heavy atom. The van der Waals surface area contributed by atoms with E-state index in [2.05, 4.69) is 24.3 Å². The fourth-order valence-electron chi connectivity index (χ4n) is 5.29. The van der Waals surface area contributed by atoms with E-state index in [9.17, 15) is 13.2 Å². The molecule has 4 rings (SSSR count). The van der Waals surface area contributed by atoms with Crippen LogP contribution in [0.2, 0.25) is 0 Å². The van der Waals surface area contributed by atoms with Crippen LogP contribution in [0.15, 0.2) is 46.0 Å². The van der Waals surface area contributed by atoms with E-state index in [1.807, 2.05) is 24.1 Å². The molecule has 2 aromatic rings. The maximum Gasteiger partial charge on any atom is 0.252 e. The number of carbonyl (C=O) groups is 1. The number of hydrogen-bond donors (Lipinski definition) is 0. The lowest BCUT2D eigenvalue weighted by atomic mass is 9.73. The molecular formula is C23H30N2O3S2. The average molecular weight is 447 g/mol. The van der Waals surface area contributed by atoms with Gasteiger partial charge in [-0.15, -0.1) is 11.3 Å². The number of carbonyl (C=O) groups excluding carboxylic acids is 1. The first kappa shape index (κ1) is 21.5. The molecule has 30 heavy (non-hydrogen) atoms. The fourth-order valence-corrected chi connectivity index (χ4v) is 7.88. The number of sulfonamides is 1. The second-order valence-electron chi connectivity index (χ2n) is 8.37. The summed E-state index contributed by atoms with van der Waals surface area (Å²) in [6, 6.07) is 12.0. The van der Waals surface area contributed by atoms with Gasteiger partial charge in [0.2, 0.25) is 5.91 Å². The molecule has 1 unspecified atom stereocenters. The van der Waals surface area contributed by atoms with Crippen molar-refractivity contribution in [1.82, 2.24) is 9.21 Å². The van der Waals surface area contributed by atoms with Crippen molar-refractivity contribution >= 4 is 27.3 Å². The highest BCUT2D eigenvalue weighted by Gasteiger charge is 2.47. The molecule has 2 heterocycles. The van der Waals surface area contributed by atoms with Gasteiger partial charge in [-0.3, -0.25) is 4.79 Å². The minimum atomic E-state index is -3.40. The second kappa shape index (κ2) is 8.44. The Bertz CT molecular complexity index is 989. The van der Waals surface area contributed by atoms with Crippen LogP contribution in [-0.4, -0.2) is 49.7 Å². The van der Waals surface area contributed by atoms with Gasteiger partial charge in [0.25, 0.3) is 10.0 Å². The third-order valence-electron chi connectivity index (χ3n) is 6.92. The number of hydrogen-bond acceptors (Lipinski definition) is 4. The number of amides is 1. The van der Waals surface area contributed by atoms with Crippen LogP contribution in [0.5, 0.6) is 0 Å². The summed E-state index contributed by atoms with van der Waals surface area (Å²) >= 11 is 1.28. The summed E-state index contributed by atoms with van der Waals surface area (Å²) < 4.78 is 27.9. The summed E-state index contributed by atoms with van der Waals surface area (Å²) in [5, 5.41) is 1.81. The molecule has 7 heteroatoms. The van der Waals surface area contributed by atoms with Gasteiger partial charge in [-0.05, 0) is 67.0 Å². The van der Waals surface area contributed by atoms with E-state index >= 15 is 0 Å². The quantitative estimate of drug-likeness (QED) is 0.668. The highest BCUT2D eigenvalue weighted by Crippen LogP contribution is 2.53. The van der Waals surface area contributed by atoms with Crippen molar-refractivity contribution < 1.29 is 13.2 Å². The number of thiophene rings is 1. The van der Waals surface area contributed by atoms with Crippen molar-refractivity contribution in [1.29, 1.82) is 0 Å². The van der Waals surface area contributed by atoms with Gasteiger partial charge in [-0.2, -0.15) is 4.31 Å². The number of rotatable bonds is 6. The number of nitrogens with zero attached hydrogens (tertiary/aromatic N) is 2. The minimum absolute atomic E-state index is 0.0216. The van der Waals surface area contributed by atoms with Gasteiger partial charge < -0.3 is 4.90 Å². The molecule has 1 aliphatic carbocycles. The molecule has 1 amide bonds. The highest BCUT2D eigenvalue weighted by atomic mass is 32.2. The van der Waals surface area contributed by atoms with Crippen LogP contribution >= 0.6 is 11.3 Å². The molecule has 1 fully saturated rings. The van der Waals surface area contributed by atoms with Gasteiger partial charge in [-0.25, -0.2) is 8.42 Å². The SMILES string of the molecule is CCN(CC)C(=O)CC1CC2(CCN(S(=O)(=O)c3cccs3)CC2)c2ccccc21. The van der Waals surface area contributed by atoms with E-state index in [0.717, 1.165) is 32.4 Å². The molecule has 1 atom stereocenters. The van der Waals surface area contributed by atoms with Crippen molar-refractivity contribution in [2.75, 3.05) is 26.2 Å². The van der Waals surface area contributed by atoms with Crippen LogP contribution in [0.25, 0.3) is 0 Å². The third-order valence-corrected chi connectivity index (χ3v) is 10.2. The molecule has 1 aromatic heterocycles. The zero-order valence-electron chi connectivity index (χ0n) is 17.7. The normalized spacial score (nSPS) is 20.9. The lowest BCUT2D eigenvalue weighted by Crippen LogP contribution is -2.44. The molecule has 1 aliphatic heterocycles. The Kier molecular flexibility index (Phi) is 6.06. The molecule has 0 radical (unpaired) electrons. The van der Waals surface area contributed by atoms with Crippen molar-refractivity contribution in [3.05, 3.63) is 52.9 Å². The van der Waals surface area contributed by atoms with Crippen LogP contribution in [0.1, 0.15) is 56.6 Å². The largest absolute Gasteiger partial charge is 0.343 e. The summed E-state index contributed by atoms with van der Waals surface area (Å²) in [6.07, 6.45) is 3.10. The van der Waals surface area contributed by atoms with Crippen molar-refractivity contribution in [2.24, 2.45) is 0 Å². The summed E-state index contributed by atoms with van der Waals surface area (Å²) in [4.78, 5) is 14.7. The number of piperidine rings is 1. The van der Waals surface area contributed by atoms with Gasteiger partial charge in [0.05, 0.1) is 0 Å². The van der Waals surface area contributed by atoms with Gasteiger partial charge in [0.1, 0.15) is 4.21 Å². The zero-order valence-corrected chi connectivity index (χ0v) is 19.3. The first-order chi connectivity index (χ1) is 14.4. The Hall–Kier alpha value is -1.70. The van der Waals surface area contributed by atoms with Crippen LogP contribution in [0, 0.1) is 0 Å². The smallest absolute Gasteiger partial charge is 0.252 e. The minimum Gasteiger partial charge on any atom is -0.343 e. The van der Waals surface area contributed by atoms with Gasteiger partial charge in [0, 0.05) is 32.6 Å². The van der Waals surface area contributed by atoms with E-state index in [-0.39, 0.29) is 17.2 Å². The maximum atomic E-state index is 12.9. The predicted octanol–water partition coefficient (Wildman–Crippen LogP) is 4.22. The Morgan fingerprint density at radius 3 is 2.47 bits per heavy atom. The maximum absolute atomic E-state index is 12.9. The molecule has 0 N–H and O–H groups in total. The summed E-state index contributed by atoms with van der Waals surface area (Å²) in [6.45, 7) is 6.59. The molecule has 1 spiro atoms. The van der Waals surface area contributed by atoms with Crippen LogP contribution in [0.4, 0.5) is 0 Å². The molecule has 0 bridgehead atoms. The molecule has 1 aromatic carbocycles. The van der Waals surface area contributed by atoms with Crippen LogP contribution in [-0.2, 0) is 20.2 Å². The van der Waals surface area contributed by atoms with E-state index < -0.39 is 10.0 Å². The topological polar surface area (TPSA) is 57.7 Å². The highest BCUT2D eigenvalue weighted by molar-refractivity contribution is 7.91. The van der Waals surface area contributed by atoms with E-state index in [1.165, 1.54) is 22.5 Å². The second-order valence-corrected chi connectivity index (χ2v) is 11.5. The van der Waals surface area contributed by atoms with E-state index in [4.69, 9.17) is 0 Å². The standard InChI is InChI=1S/C23H30N2O3S2/c1-3-24(4-2)21(26)16-18-17-23(20-9-6-5-8-19(18)20)11-13-25(14-12-23)30(27,28)22-10-7-15-29-22/h5-10,15,18H,3-4,11-14,16-17H2,1-2H3. The molecule has 162 valence electrons. The monoisotopic (exact) mass is 446 g/mol. The lowest BCUT2D eigenvalue weighted by Gasteiger charge is -2.39. The number of benzene rings is 1. The lowest BCUT2D eigenvalue weighted by molar-refractivity contribution is -0.131. The molecule has 5 nitrogen and oxygen atoms in total. The van der Waals surface area contributed by atoms with E-state index in [1.54, 1.807) is 16.4 Å². The summed E-state index contributed by atoms with van der Waals surface area (Å²) in [7, 11) is -3.40. The predicted molar refractivity (Wildman–Crippen MR) is 120 cm³/mol. The Labute approximate surface area is 183 Å². The zero-order chi connectivity index (χ0) is 21.4. The average Bonchev–Trinajstić information content (AvgIpc) is 3.38. The molecule has 2 aliphatic rings. The van der Waals surface area contributed by atoms with Crippen LogP contribution in [0.3, 0.4) is 0 Å². The van der Waals surface area contributed by atoms with Crippen LogP contribution < -0.4 is 0 Å². The number of fused-ring (bicyclic) bond motifs is 2. The van der Waals surface area contributed by atoms with Crippen molar-refractivity contribution in [2.45, 2.75) is 55.1 Å². The van der Waals surface area contributed by atoms with Gasteiger partial charge in [0.15, 0.2) is 0 Å². The fraction of sp³-hybridized carbons (Fsp3) is 0.522. The third kappa shape index (κ3) is 3.72. The molecule has 0 saturated carbocycles. The summed E-state index contributed by atoms with van der Waals surface area (Å²) in [5.41, 5.74) is 2.59. The van der Waals surface area contributed by atoms with Gasteiger partial charge in [-0.1, -0.05) is 30.3 Å². The molecule has 1 saturated heterocycles. The van der Waals surface area contributed by atoms with Crippen molar-refractivity contribution in [3.8, 4) is 0 Å². The first-order valence-electron chi connectivity index (χ1n) is 10.8. The summed E-state index contributed by atoms with van der Waals surface area (Å²) in [5.74, 6) is 0.435. The van der Waals surface area contributed by atoms with Crippen molar-refractivity contribution in [3.63, 3.8) is 0 Å². The first-order valence-corrected chi connectivity index (χ1v) is 13.1. The Balaban J connectivity index is 1.54. The Morgan fingerprint density at radius 1 is 1.13 bits per heavy atom.